The average Bonchev–Trinajstić information content (AvgIpc) is 1.88. The second-order valence-corrected chi connectivity index (χ2v) is 1.91. The number of carbonyl (C=O) groups excluding carboxylic acids is 1. The van der Waals surface area contributed by atoms with Crippen molar-refractivity contribution in [1.29, 1.82) is 0 Å². The van der Waals surface area contributed by atoms with Gasteiger partial charge in [-0.2, -0.15) is 0 Å². The summed E-state index contributed by atoms with van der Waals surface area (Å²) >= 11 is 0. The van der Waals surface area contributed by atoms with Crippen LogP contribution in [0.5, 0.6) is 0 Å². The molecule has 0 radical (unpaired) electrons. The van der Waals surface area contributed by atoms with Crippen molar-refractivity contribution in [2.45, 2.75) is 25.8 Å². The quantitative estimate of drug-likeness (QED) is 0.434. The van der Waals surface area contributed by atoms with Crippen LogP contribution in [0.25, 0.3) is 0 Å². The lowest BCUT2D eigenvalue weighted by Crippen LogP contribution is -2.25. The zero-order valence-electron chi connectivity index (χ0n) is 5.76. The summed E-state index contributed by atoms with van der Waals surface area (Å²) in [6.45, 7) is 5.61. The zero-order chi connectivity index (χ0) is 7.11. The van der Waals surface area contributed by atoms with Crippen molar-refractivity contribution >= 4 is 6.41 Å². The highest BCUT2D eigenvalue weighted by Gasteiger charge is 1.98. The van der Waals surface area contributed by atoms with Gasteiger partial charge >= 0.3 is 0 Å². The molecule has 0 aromatic carbocycles. The van der Waals surface area contributed by atoms with Crippen LogP contribution < -0.4 is 5.32 Å². The number of amides is 1. The van der Waals surface area contributed by atoms with Crippen molar-refractivity contribution in [2.75, 3.05) is 0 Å². The average molecular weight is 127 g/mol. The Labute approximate surface area is 56.0 Å². The van der Waals surface area contributed by atoms with Crippen molar-refractivity contribution in [1.82, 2.24) is 5.32 Å². The van der Waals surface area contributed by atoms with E-state index in [0.717, 1.165) is 19.3 Å². The van der Waals surface area contributed by atoms with E-state index in [1.165, 1.54) is 0 Å². The predicted molar refractivity (Wildman–Crippen MR) is 38.1 cm³/mol. The normalized spacial score (nSPS) is 12.1. The van der Waals surface area contributed by atoms with Gasteiger partial charge in [-0.05, 0) is 12.8 Å². The van der Waals surface area contributed by atoms with Crippen LogP contribution in [0.1, 0.15) is 19.8 Å². The fraction of sp³-hybridized carbons (Fsp3) is 0.571. The van der Waals surface area contributed by atoms with E-state index >= 15 is 0 Å². The molecule has 1 amide bonds. The highest BCUT2D eigenvalue weighted by Crippen LogP contribution is 1.95. The lowest BCUT2D eigenvalue weighted by atomic mass is 10.1. The molecule has 0 aliphatic carbocycles. The SMILES string of the molecule is C=CCC(CC)NC=O. The summed E-state index contributed by atoms with van der Waals surface area (Å²) in [6, 6.07) is 0.278. The molecule has 9 heavy (non-hydrogen) atoms. The Morgan fingerprint density at radius 3 is 2.78 bits per heavy atom. The maximum Gasteiger partial charge on any atom is 0.207 e. The minimum absolute atomic E-state index is 0.278. The number of hydrogen-bond acceptors (Lipinski definition) is 1. The van der Waals surface area contributed by atoms with Gasteiger partial charge < -0.3 is 5.32 Å². The molecule has 0 aromatic rings. The van der Waals surface area contributed by atoms with Crippen molar-refractivity contribution in [2.24, 2.45) is 0 Å². The molecule has 2 heteroatoms. The van der Waals surface area contributed by atoms with E-state index in [-0.39, 0.29) is 6.04 Å². The van der Waals surface area contributed by atoms with E-state index in [4.69, 9.17) is 0 Å². The van der Waals surface area contributed by atoms with Crippen LogP contribution >= 0.6 is 0 Å². The van der Waals surface area contributed by atoms with Crippen LogP contribution in [0.3, 0.4) is 0 Å². The summed E-state index contributed by atoms with van der Waals surface area (Å²) in [5, 5.41) is 2.68. The third-order valence-electron chi connectivity index (χ3n) is 1.25. The summed E-state index contributed by atoms with van der Waals surface area (Å²) in [4.78, 5) is 9.90. The highest BCUT2D eigenvalue weighted by atomic mass is 16.1. The van der Waals surface area contributed by atoms with Crippen LogP contribution in [-0.2, 0) is 4.79 Å². The maximum absolute atomic E-state index is 9.90. The lowest BCUT2D eigenvalue weighted by Gasteiger charge is -2.09. The Kier molecular flexibility index (Phi) is 4.88. The topological polar surface area (TPSA) is 29.1 Å². The van der Waals surface area contributed by atoms with Crippen LogP contribution in [0.2, 0.25) is 0 Å². The van der Waals surface area contributed by atoms with E-state index in [1.54, 1.807) is 0 Å². The first kappa shape index (κ1) is 8.21. The summed E-state index contributed by atoms with van der Waals surface area (Å²) in [5.74, 6) is 0. The first-order valence-electron chi connectivity index (χ1n) is 3.15. The van der Waals surface area contributed by atoms with Gasteiger partial charge in [-0.15, -0.1) is 6.58 Å². The van der Waals surface area contributed by atoms with Crippen molar-refractivity contribution < 1.29 is 4.79 Å². The Morgan fingerprint density at radius 2 is 2.44 bits per heavy atom. The summed E-state index contributed by atoms with van der Waals surface area (Å²) in [5.41, 5.74) is 0. The van der Waals surface area contributed by atoms with Crippen LogP contribution in [0.4, 0.5) is 0 Å². The van der Waals surface area contributed by atoms with Gasteiger partial charge in [-0.25, -0.2) is 0 Å². The fourth-order valence-corrected chi connectivity index (χ4v) is 0.650. The number of hydrogen-bond donors (Lipinski definition) is 1. The molecule has 1 unspecified atom stereocenters. The molecule has 0 saturated heterocycles. The molecule has 52 valence electrons. The zero-order valence-corrected chi connectivity index (χ0v) is 5.76. The van der Waals surface area contributed by atoms with Gasteiger partial charge in [0, 0.05) is 6.04 Å². The Bertz CT molecular complexity index is 80.9. The molecule has 0 aromatic heterocycles. The van der Waals surface area contributed by atoms with Gasteiger partial charge in [0.2, 0.25) is 6.41 Å². The minimum Gasteiger partial charge on any atom is -0.356 e. The third-order valence-corrected chi connectivity index (χ3v) is 1.25. The number of carbonyl (C=O) groups is 1. The van der Waals surface area contributed by atoms with Gasteiger partial charge in [-0.3, -0.25) is 4.79 Å². The highest BCUT2D eigenvalue weighted by molar-refractivity contribution is 5.46. The minimum atomic E-state index is 0.278. The van der Waals surface area contributed by atoms with E-state index in [0.29, 0.717) is 0 Å². The molecule has 0 rings (SSSR count). The standard InChI is InChI=1S/C7H13NO/c1-3-5-7(4-2)8-6-9/h3,6-7H,1,4-5H2,2H3,(H,8,9). The molecule has 0 aliphatic heterocycles. The predicted octanol–water partition coefficient (Wildman–Crippen LogP) is 1.09. The Hall–Kier alpha value is -0.790. The first-order chi connectivity index (χ1) is 4.35. The van der Waals surface area contributed by atoms with Crippen molar-refractivity contribution in [3.63, 3.8) is 0 Å². The second kappa shape index (κ2) is 5.35. The fourth-order valence-electron chi connectivity index (χ4n) is 0.650. The van der Waals surface area contributed by atoms with Gasteiger partial charge in [0.15, 0.2) is 0 Å². The van der Waals surface area contributed by atoms with Crippen molar-refractivity contribution in [3.05, 3.63) is 12.7 Å². The van der Waals surface area contributed by atoms with E-state index < -0.39 is 0 Å². The molecular weight excluding hydrogens is 114 g/mol. The number of nitrogens with one attached hydrogen (secondary N) is 1. The van der Waals surface area contributed by atoms with E-state index in [2.05, 4.69) is 11.9 Å². The van der Waals surface area contributed by atoms with E-state index in [9.17, 15) is 4.79 Å². The monoisotopic (exact) mass is 127 g/mol. The molecular formula is C7H13NO. The van der Waals surface area contributed by atoms with Crippen LogP contribution in [0.15, 0.2) is 12.7 Å². The molecule has 0 saturated carbocycles. The Morgan fingerprint density at radius 1 is 1.78 bits per heavy atom. The van der Waals surface area contributed by atoms with E-state index in [1.807, 2.05) is 13.0 Å². The molecule has 2 nitrogen and oxygen atoms in total. The van der Waals surface area contributed by atoms with Gasteiger partial charge in [0.25, 0.3) is 0 Å². The molecule has 1 atom stereocenters. The summed E-state index contributed by atoms with van der Waals surface area (Å²) in [7, 11) is 0. The van der Waals surface area contributed by atoms with Gasteiger partial charge in [0.05, 0.1) is 0 Å². The lowest BCUT2D eigenvalue weighted by molar-refractivity contribution is -0.110. The Balaban J connectivity index is 3.39. The van der Waals surface area contributed by atoms with Gasteiger partial charge in [-0.1, -0.05) is 13.0 Å². The van der Waals surface area contributed by atoms with Crippen LogP contribution in [-0.4, -0.2) is 12.5 Å². The molecule has 0 bridgehead atoms. The smallest absolute Gasteiger partial charge is 0.207 e. The summed E-state index contributed by atoms with van der Waals surface area (Å²) in [6.07, 6.45) is 4.36. The molecule has 0 spiro atoms. The maximum atomic E-state index is 9.90. The second-order valence-electron chi connectivity index (χ2n) is 1.91. The van der Waals surface area contributed by atoms with Crippen LogP contribution in [0, 0.1) is 0 Å². The third kappa shape index (κ3) is 3.76. The molecule has 0 aliphatic rings. The molecule has 0 heterocycles. The summed E-state index contributed by atoms with van der Waals surface area (Å²) < 4.78 is 0. The van der Waals surface area contributed by atoms with Gasteiger partial charge in [0.1, 0.15) is 0 Å². The number of rotatable bonds is 5. The molecule has 1 N–H and O–H groups in total. The van der Waals surface area contributed by atoms with Crippen molar-refractivity contribution in [3.8, 4) is 0 Å². The first-order valence-corrected chi connectivity index (χ1v) is 3.15. The molecule has 0 fully saturated rings. The largest absolute Gasteiger partial charge is 0.356 e.